The van der Waals surface area contributed by atoms with E-state index in [0.29, 0.717) is 11.3 Å². The van der Waals surface area contributed by atoms with Crippen LogP contribution in [0, 0.1) is 0 Å². The highest BCUT2D eigenvalue weighted by Gasteiger charge is 2.21. The summed E-state index contributed by atoms with van der Waals surface area (Å²) in [5.74, 6) is -0.988. The number of ether oxygens (including phenoxy) is 2. The van der Waals surface area contributed by atoms with Crippen LogP contribution in [0.3, 0.4) is 0 Å². The van der Waals surface area contributed by atoms with E-state index in [1.807, 2.05) is 0 Å². The standard InChI is InChI=1S/C17H12Cl5NO4/c1-2-26-17(25)8-3-5-9(6-4-8)23-10(24)7-27-16-14(21)12(19)11(18)13(20)15(16)22/h3-6H,2,7H2,1H3,(H,23,24). The maximum atomic E-state index is 12.1. The minimum absolute atomic E-state index is 0.00757. The van der Waals surface area contributed by atoms with Crippen LogP contribution < -0.4 is 10.1 Å². The average molecular weight is 472 g/mol. The van der Waals surface area contributed by atoms with Crippen LogP contribution in [0.15, 0.2) is 24.3 Å². The fraction of sp³-hybridized carbons (Fsp3) is 0.176. The van der Waals surface area contributed by atoms with Crippen molar-refractivity contribution < 1.29 is 19.1 Å². The third-order valence-electron chi connectivity index (χ3n) is 3.20. The third kappa shape index (κ3) is 5.33. The molecule has 0 atom stereocenters. The van der Waals surface area contributed by atoms with Gasteiger partial charge in [-0.15, -0.1) is 0 Å². The highest BCUT2D eigenvalue weighted by Crippen LogP contribution is 2.48. The molecule has 2 rings (SSSR count). The number of anilines is 1. The zero-order valence-electron chi connectivity index (χ0n) is 13.7. The van der Waals surface area contributed by atoms with Crippen LogP contribution in [0.5, 0.6) is 5.75 Å². The van der Waals surface area contributed by atoms with Gasteiger partial charge in [0, 0.05) is 5.69 Å². The molecule has 0 aromatic heterocycles. The molecule has 0 spiro atoms. The van der Waals surface area contributed by atoms with E-state index in [1.165, 1.54) is 12.1 Å². The normalized spacial score (nSPS) is 10.4. The summed E-state index contributed by atoms with van der Waals surface area (Å²) in [6.45, 7) is 1.58. The van der Waals surface area contributed by atoms with Gasteiger partial charge in [0.1, 0.15) is 10.0 Å². The van der Waals surface area contributed by atoms with Crippen LogP contribution in [-0.4, -0.2) is 25.1 Å². The first-order valence-electron chi connectivity index (χ1n) is 7.47. The van der Waals surface area contributed by atoms with Gasteiger partial charge in [0.2, 0.25) is 0 Å². The number of carbonyl (C=O) groups is 2. The second kappa shape index (κ2) is 9.71. The highest BCUT2D eigenvalue weighted by atomic mass is 35.5. The van der Waals surface area contributed by atoms with Crippen LogP contribution in [0.1, 0.15) is 17.3 Å². The molecule has 2 aromatic carbocycles. The van der Waals surface area contributed by atoms with Gasteiger partial charge < -0.3 is 14.8 Å². The highest BCUT2D eigenvalue weighted by molar-refractivity contribution is 6.55. The monoisotopic (exact) mass is 469 g/mol. The summed E-state index contributed by atoms with van der Waals surface area (Å²) in [4.78, 5) is 23.7. The second-order valence-corrected chi connectivity index (χ2v) is 6.92. The number of hydrogen-bond donors (Lipinski definition) is 1. The lowest BCUT2D eigenvalue weighted by Crippen LogP contribution is -2.20. The van der Waals surface area contributed by atoms with E-state index in [4.69, 9.17) is 67.5 Å². The summed E-state index contributed by atoms with van der Waals surface area (Å²) in [5, 5.41) is 2.42. The molecule has 1 N–H and O–H groups in total. The molecule has 0 aliphatic heterocycles. The van der Waals surface area contributed by atoms with E-state index in [9.17, 15) is 9.59 Å². The van der Waals surface area contributed by atoms with Gasteiger partial charge in [-0.25, -0.2) is 4.79 Å². The van der Waals surface area contributed by atoms with Crippen molar-refractivity contribution in [2.75, 3.05) is 18.5 Å². The van der Waals surface area contributed by atoms with Crippen molar-refractivity contribution in [3.8, 4) is 5.75 Å². The van der Waals surface area contributed by atoms with Crippen LogP contribution in [0.2, 0.25) is 25.1 Å². The summed E-state index contributed by atoms with van der Waals surface area (Å²) in [7, 11) is 0. The first kappa shape index (κ1) is 21.9. The SMILES string of the molecule is CCOC(=O)c1ccc(NC(=O)COc2c(Cl)c(Cl)c(Cl)c(Cl)c2Cl)cc1. The third-order valence-corrected chi connectivity index (χ3v) is 5.44. The van der Waals surface area contributed by atoms with Crippen molar-refractivity contribution in [1.82, 2.24) is 0 Å². The predicted octanol–water partition coefficient (Wildman–Crippen LogP) is 6.15. The molecular formula is C17H12Cl5NO4. The summed E-state index contributed by atoms with van der Waals surface area (Å²) >= 11 is 29.8. The Bertz CT molecular complexity index is 842. The largest absolute Gasteiger partial charge is 0.481 e. The second-order valence-electron chi connectivity index (χ2n) is 5.03. The van der Waals surface area contributed by atoms with Crippen molar-refractivity contribution in [3.63, 3.8) is 0 Å². The van der Waals surface area contributed by atoms with E-state index in [1.54, 1.807) is 19.1 Å². The molecule has 0 bridgehead atoms. The first-order valence-corrected chi connectivity index (χ1v) is 9.36. The maximum Gasteiger partial charge on any atom is 0.338 e. The van der Waals surface area contributed by atoms with Crippen molar-refractivity contribution in [2.45, 2.75) is 6.92 Å². The van der Waals surface area contributed by atoms with Gasteiger partial charge >= 0.3 is 5.97 Å². The topological polar surface area (TPSA) is 64.6 Å². The smallest absolute Gasteiger partial charge is 0.338 e. The quantitative estimate of drug-likeness (QED) is 0.312. The number of carbonyl (C=O) groups excluding carboxylic acids is 2. The average Bonchev–Trinajstić information content (AvgIpc) is 2.65. The van der Waals surface area contributed by atoms with Crippen molar-refractivity contribution in [2.24, 2.45) is 0 Å². The van der Waals surface area contributed by atoms with Gasteiger partial charge in [-0.2, -0.15) is 0 Å². The fourth-order valence-corrected chi connectivity index (χ4v) is 3.18. The van der Waals surface area contributed by atoms with Crippen LogP contribution in [-0.2, 0) is 9.53 Å². The molecule has 10 heteroatoms. The lowest BCUT2D eigenvalue weighted by Gasteiger charge is -2.13. The van der Waals surface area contributed by atoms with E-state index in [0.717, 1.165) is 0 Å². The number of rotatable bonds is 6. The van der Waals surface area contributed by atoms with Crippen molar-refractivity contribution in [3.05, 3.63) is 54.9 Å². The number of amides is 1. The molecule has 0 aliphatic carbocycles. The summed E-state index contributed by atoms with van der Waals surface area (Å²) in [6, 6.07) is 6.17. The van der Waals surface area contributed by atoms with Crippen LogP contribution in [0.4, 0.5) is 5.69 Å². The Hall–Kier alpha value is -1.37. The zero-order chi connectivity index (χ0) is 20.1. The molecule has 0 unspecified atom stereocenters. The van der Waals surface area contributed by atoms with Gasteiger partial charge in [-0.1, -0.05) is 58.0 Å². The minimum atomic E-state index is -0.492. The van der Waals surface area contributed by atoms with E-state index >= 15 is 0 Å². The predicted molar refractivity (Wildman–Crippen MR) is 108 cm³/mol. The Kier molecular flexibility index (Phi) is 7.89. The van der Waals surface area contributed by atoms with Gasteiger partial charge in [0.25, 0.3) is 5.91 Å². The Balaban J connectivity index is 2.02. The Morgan fingerprint density at radius 3 is 1.93 bits per heavy atom. The number of esters is 1. The molecule has 1 amide bonds. The molecule has 0 aliphatic rings. The summed E-state index contributed by atoms with van der Waals surface area (Å²) in [6.07, 6.45) is 0. The number of halogens is 5. The molecule has 0 radical (unpaired) electrons. The van der Waals surface area contributed by atoms with E-state index in [2.05, 4.69) is 5.32 Å². The zero-order valence-corrected chi connectivity index (χ0v) is 17.5. The molecule has 0 saturated carbocycles. The molecule has 0 heterocycles. The van der Waals surface area contributed by atoms with Gasteiger partial charge in [0.15, 0.2) is 12.4 Å². The number of hydrogen-bond acceptors (Lipinski definition) is 4. The Morgan fingerprint density at radius 1 is 0.889 bits per heavy atom. The Morgan fingerprint density at radius 2 is 1.41 bits per heavy atom. The molecule has 0 fully saturated rings. The fourth-order valence-electron chi connectivity index (χ4n) is 1.95. The van der Waals surface area contributed by atoms with Gasteiger partial charge in [0.05, 0.1) is 27.2 Å². The molecule has 27 heavy (non-hydrogen) atoms. The molecule has 2 aromatic rings. The minimum Gasteiger partial charge on any atom is -0.481 e. The van der Waals surface area contributed by atoms with E-state index < -0.39 is 18.5 Å². The van der Waals surface area contributed by atoms with Gasteiger partial charge in [-0.3, -0.25) is 4.79 Å². The lowest BCUT2D eigenvalue weighted by molar-refractivity contribution is -0.118. The molecule has 0 saturated heterocycles. The summed E-state index contributed by atoms with van der Waals surface area (Å²) in [5.41, 5.74) is 0.830. The van der Waals surface area contributed by atoms with Crippen molar-refractivity contribution >= 4 is 75.6 Å². The van der Waals surface area contributed by atoms with Crippen LogP contribution >= 0.6 is 58.0 Å². The maximum absolute atomic E-state index is 12.1. The molecule has 144 valence electrons. The molecular weight excluding hydrogens is 459 g/mol. The summed E-state index contributed by atoms with van der Waals surface area (Å²) < 4.78 is 10.2. The van der Waals surface area contributed by atoms with E-state index in [-0.39, 0.29) is 37.5 Å². The number of nitrogens with one attached hydrogen (secondary N) is 1. The first-order chi connectivity index (χ1) is 12.8. The molecule has 5 nitrogen and oxygen atoms in total. The Labute approximate surface area is 180 Å². The lowest BCUT2D eigenvalue weighted by atomic mass is 10.2. The van der Waals surface area contributed by atoms with Gasteiger partial charge in [-0.05, 0) is 31.2 Å². The number of benzene rings is 2. The van der Waals surface area contributed by atoms with Crippen molar-refractivity contribution in [1.29, 1.82) is 0 Å². The van der Waals surface area contributed by atoms with Crippen LogP contribution in [0.25, 0.3) is 0 Å².